The Labute approximate surface area is 131 Å². The molecule has 2 aromatic heterocycles. The van der Waals surface area contributed by atoms with E-state index in [0.717, 1.165) is 17.7 Å². The Morgan fingerprint density at radius 1 is 1.30 bits per heavy atom. The minimum Gasteiger partial charge on any atom is -0.370 e. The Morgan fingerprint density at radius 3 is 2.74 bits per heavy atom. The first-order valence-corrected chi connectivity index (χ1v) is 7.24. The molecule has 0 bridgehead atoms. The predicted molar refractivity (Wildman–Crippen MR) is 78.1 cm³/mol. The van der Waals surface area contributed by atoms with E-state index in [1.54, 1.807) is 17.8 Å². The molecule has 0 radical (unpaired) electrons. The van der Waals surface area contributed by atoms with Crippen LogP contribution in [0.15, 0.2) is 24.5 Å². The van der Waals surface area contributed by atoms with E-state index in [1.807, 2.05) is 18.1 Å². The number of anilines is 1. The molecule has 1 fully saturated rings. The molecular formula is C15H17F3N4O. The lowest BCUT2D eigenvalue weighted by Crippen LogP contribution is -2.39. The van der Waals surface area contributed by atoms with Crippen molar-refractivity contribution in [1.29, 1.82) is 0 Å². The lowest BCUT2D eigenvalue weighted by atomic mass is 10.1. The summed E-state index contributed by atoms with van der Waals surface area (Å²) in [6, 6.07) is 2.15. The van der Waals surface area contributed by atoms with Crippen LogP contribution in [-0.4, -0.2) is 34.5 Å². The normalized spacial score (nSPS) is 19.2. The Kier molecular flexibility index (Phi) is 4.01. The third-order valence-electron chi connectivity index (χ3n) is 3.75. The van der Waals surface area contributed by atoms with Crippen LogP contribution in [0, 0.1) is 6.92 Å². The fourth-order valence-corrected chi connectivity index (χ4v) is 2.64. The Hall–Kier alpha value is -2.09. The van der Waals surface area contributed by atoms with E-state index in [1.165, 1.54) is 0 Å². The average Bonchev–Trinajstić information content (AvgIpc) is 2.92. The van der Waals surface area contributed by atoms with Gasteiger partial charge in [-0.25, -0.2) is 4.98 Å². The molecular weight excluding hydrogens is 309 g/mol. The van der Waals surface area contributed by atoms with Crippen molar-refractivity contribution in [2.24, 2.45) is 7.05 Å². The van der Waals surface area contributed by atoms with E-state index in [2.05, 4.69) is 10.1 Å². The number of nitrogens with zero attached hydrogens (tertiary/aromatic N) is 4. The van der Waals surface area contributed by atoms with Crippen molar-refractivity contribution in [3.8, 4) is 0 Å². The molecule has 0 amide bonds. The molecule has 1 aliphatic rings. The van der Waals surface area contributed by atoms with E-state index in [0.29, 0.717) is 31.2 Å². The van der Waals surface area contributed by atoms with Gasteiger partial charge < -0.3 is 9.64 Å². The molecule has 8 heteroatoms. The zero-order chi connectivity index (χ0) is 16.6. The first-order valence-electron chi connectivity index (χ1n) is 7.24. The summed E-state index contributed by atoms with van der Waals surface area (Å²) in [4.78, 5) is 6.08. The first kappa shape index (κ1) is 15.8. The quantitative estimate of drug-likeness (QED) is 0.851. The van der Waals surface area contributed by atoms with Gasteiger partial charge in [-0.3, -0.25) is 4.68 Å². The summed E-state index contributed by atoms with van der Waals surface area (Å²) in [6.45, 7) is 2.94. The van der Waals surface area contributed by atoms with Gasteiger partial charge in [0.05, 0.1) is 18.4 Å². The number of alkyl halides is 3. The largest absolute Gasteiger partial charge is 0.416 e. The lowest BCUT2D eigenvalue weighted by molar-refractivity contribution is -0.137. The van der Waals surface area contributed by atoms with Gasteiger partial charge in [0.1, 0.15) is 11.9 Å². The maximum absolute atomic E-state index is 13.0. The number of hydrogen-bond acceptors (Lipinski definition) is 4. The molecule has 1 unspecified atom stereocenters. The molecule has 0 aromatic carbocycles. The van der Waals surface area contributed by atoms with Crippen molar-refractivity contribution in [1.82, 2.24) is 14.8 Å². The summed E-state index contributed by atoms with van der Waals surface area (Å²) >= 11 is 0. The number of hydrogen-bond donors (Lipinski definition) is 0. The molecule has 0 N–H and O–H groups in total. The zero-order valence-corrected chi connectivity index (χ0v) is 12.8. The second-order valence-corrected chi connectivity index (χ2v) is 5.61. The molecule has 0 saturated carbocycles. The Bertz CT molecular complexity index is 698. The molecule has 5 nitrogen and oxygen atoms in total. The van der Waals surface area contributed by atoms with E-state index in [9.17, 15) is 13.2 Å². The third kappa shape index (κ3) is 3.47. The first-order chi connectivity index (χ1) is 10.8. The molecule has 0 spiro atoms. The van der Waals surface area contributed by atoms with Gasteiger partial charge in [0, 0.05) is 37.6 Å². The average molecular weight is 326 g/mol. The number of ether oxygens (including phenoxy) is 1. The minimum atomic E-state index is -4.38. The van der Waals surface area contributed by atoms with Crippen LogP contribution in [0.5, 0.6) is 0 Å². The van der Waals surface area contributed by atoms with Crippen molar-refractivity contribution in [2.75, 3.05) is 24.6 Å². The van der Waals surface area contributed by atoms with Crippen LogP contribution in [-0.2, 0) is 18.0 Å². The van der Waals surface area contributed by atoms with E-state index < -0.39 is 11.7 Å². The summed E-state index contributed by atoms with van der Waals surface area (Å²) < 4.78 is 46.3. The smallest absolute Gasteiger partial charge is 0.370 e. The second kappa shape index (κ2) is 5.84. The fourth-order valence-electron chi connectivity index (χ4n) is 2.64. The molecule has 1 saturated heterocycles. The summed E-state index contributed by atoms with van der Waals surface area (Å²) in [5.41, 5.74) is 0.574. The van der Waals surface area contributed by atoms with Gasteiger partial charge in [0.15, 0.2) is 0 Å². The Morgan fingerprint density at radius 2 is 2.09 bits per heavy atom. The van der Waals surface area contributed by atoms with Crippen molar-refractivity contribution >= 4 is 5.82 Å². The van der Waals surface area contributed by atoms with Crippen molar-refractivity contribution in [3.63, 3.8) is 0 Å². The van der Waals surface area contributed by atoms with Crippen LogP contribution in [0.25, 0.3) is 0 Å². The van der Waals surface area contributed by atoms with Gasteiger partial charge >= 0.3 is 6.18 Å². The number of aromatic nitrogens is 3. The summed E-state index contributed by atoms with van der Waals surface area (Å²) in [5.74, 6) is 0.328. The van der Waals surface area contributed by atoms with E-state index in [-0.39, 0.29) is 6.10 Å². The molecule has 124 valence electrons. The van der Waals surface area contributed by atoms with Gasteiger partial charge in [-0.15, -0.1) is 0 Å². The van der Waals surface area contributed by atoms with Crippen LogP contribution >= 0.6 is 0 Å². The maximum atomic E-state index is 13.0. The van der Waals surface area contributed by atoms with Crippen LogP contribution in [0.4, 0.5) is 19.0 Å². The fraction of sp³-hybridized carbons (Fsp3) is 0.467. The molecule has 1 atom stereocenters. The van der Waals surface area contributed by atoms with Gasteiger partial charge in [0.25, 0.3) is 0 Å². The monoisotopic (exact) mass is 326 g/mol. The summed E-state index contributed by atoms with van der Waals surface area (Å²) in [7, 11) is 1.81. The van der Waals surface area contributed by atoms with Gasteiger partial charge in [-0.05, 0) is 19.1 Å². The number of morpholine rings is 1. The molecule has 3 rings (SSSR count). The highest BCUT2D eigenvalue weighted by Crippen LogP contribution is 2.33. The number of halogens is 3. The highest BCUT2D eigenvalue weighted by molar-refractivity contribution is 5.44. The van der Waals surface area contributed by atoms with Crippen molar-refractivity contribution < 1.29 is 17.9 Å². The second-order valence-electron chi connectivity index (χ2n) is 5.61. The summed E-state index contributed by atoms with van der Waals surface area (Å²) in [5, 5.41) is 4.10. The molecule has 2 aromatic rings. The predicted octanol–water partition coefficient (Wildman–Crippen LogP) is 2.72. The van der Waals surface area contributed by atoms with E-state index in [4.69, 9.17) is 4.74 Å². The van der Waals surface area contributed by atoms with Crippen LogP contribution in [0.3, 0.4) is 0 Å². The summed E-state index contributed by atoms with van der Waals surface area (Å²) in [6.07, 6.45) is -1.05. The van der Waals surface area contributed by atoms with Crippen LogP contribution in [0.1, 0.15) is 22.9 Å². The van der Waals surface area contributed by atoms with Crippen LogP contribution in [0.2, 0.25) is 0 Å². The minimum absolute atomic E-state index is 0.228. The van der Waals surface area contributed by atoms with Crippen molar-refractivity contribution in [2.45, 2.75) is 19.2 Å². The van der Waals surface area contributed by atoms with E-state index >= 15 is 0 Å². The zero-order valence-electron chi connectivity index (χ0n) is 12.8. The molecule has 23 heavy (non-hydrogen) atoms. The van der Waals surface area contributed by atoms with Crippen LogP contribution < -0.4 is 4.90 Å². The maximum Gasteiger partial charge on any atom is 0.416 e. The van der Waals surface area contributed by atoms with Crippen molar-refractivity contribution in [3.05, 3.63) is 41.3 Å². The van der Waals surface area contributed by atoms with Gasteiger partial charge in [-0.2, -0.15) is 18.3 Å². The molecule has 3 heterocycles. The number of aryl methyl sites for hydroxylation is 2. The highest BCUT2D eigenvalue weighted by atomic mass is 19.4. The Balaban J connectivity index is 1.85. The third-order valence-corrected chi connectivity index (χ3v) is 3.75. The topological polar surface area (TPSA) is 43.2 Å². The van der Waals surface area contributed by atoms with Gasteiger partial charge in [-0.1, -0.05) is 0 Å². The molecule has 0 aliphatic carbocycles. The molecule has 1 aliphatic heterocycles. The SMILES string of the molecule is Cc1cc(C(F)(F)F)cc(N2CCOC(c3cnn(C)c3)C2)n1. The number of pyridine rings is 1. The van der Waals surface area contributed by atoms with Gasteiger partial charge in [0.2, 0.25) is 0 Å². The lowest BCUT2D eigenvalue weighted by Gasteiger charge is -2.33. The highest BCUT2D eigenvalue weighted by Gasteiger charge is 2.32. The standard InChI is InChI=1S/C15H17F3N4O/c1-10-5-12(15(16,17)18)6-14(20-10)22-3-4-23-13(9-22)11-7-19-21(2)8-11/h5-8,13H,3-4,9H2,1-2H3. The number of rotatable bonds is 2.